The van der Waals surface area contributed by atoms with E-state index in [0.717, 1.165) is 6.42 Å². The summed E-state index contributed by atoms with van der Waals surface area (Å²) in [6, 6.07) is 6.87. The Hall–Kier alpha value is -0.390. The van der Waals surface area contributed by atoms with Gasteiger partial charge in [-0.1, -0.05) is 25.0 Å². The van der Waals surface area contributed by atoms with Gasteiger partial charge in [0.25, 0.3) is 0 Å². The predicted octanol–water partition coefficient (Wildman–Crippen LogP) is 2.92. The molecule has 5 heteroatoms. The molecule has 0 aliphatic heterocycles. The molecule has 17 heavy (non-hydrogen) atoms. The van der Waals surface area contributed by atoms with Gasteiger partial charge < -0.3 is 0 Å². The molecule has 1 atom stereocenters. The first kappa shape index (κ1) is 13.1. The minimum absolute atomic E-state index is 0.000365. The topological polar surface area (TPSA) is 46.2 Å². The fourth-order valence-electron chi connectivity index (χ4n) is 1.89. The molecule has 1 fully saturated rings. The third-order valence-corrected chi connectivity index (χ3v) is 5.47. The zero-order valence-electron chi connectivity index (χ0n) is 9.69. The smallest absolute Gasteiger partial charge is 0.208 e. The molecule has 1 N–H and O–H groups in total. The van der Waals surface area contributed by atoms with E-state index in [1.165, 1.54) is 12.8 Å². The first-order valence-electron chi connectivity index (χ1n) is 5.76. The third-order valence-electron chi connectivity index (χ3n) is 2.87. The standard InChI is InChI=1S/C12H16BrNO2S/c1-9(8-10-6-7-10)14-17(15,16)12-5-3-2-4-11(12)13/h2-5,9-10,14H,6-8H2,1H3. The zero-order chi connectivity index (χ0) is 12.5. The van der Waals surface area contributed by atoms with E-state index in [2.05, 4.69) is 20.7 Å². The Kier molecular flexibility index (Phi) is 3.90. The molecule has 0 radical (unpaired) electrons. The molecule has 0 aromatic heterocycles. The van der Waals surface area contributed by atoms with E-state index in [-0.39, 0.29) is 6.04 Å². The van der Waals surface area contributed by atoms with Crippen molar-refractivity contribution in [1.82, 2.24) is 4.72 Å². The van der Waals surface area contributed by atoms with Crippen LogP contribution < -0.4 is 4.72 Å². The van der Waals surface area contributed by atoms with Crippen molar-refractivity contribution in [1.29, 1.82) is 0 Å². The highest BCUT2D eigenvalue weighted by Gasteiger charge is 2.26. The molecule has 0 bridgehead atoms. The second-order valence-electron chi connectivity index (χ2n) is 4.63. The molecule has 1 unspecified atom stereocenters. The maximum Gasteiger partial charge on any atom is 0.241 e. The van der Waals surface area contributed by atoms with Crippen LogP contribution in [0, 0.1) is 5.92 Å². The van der Waals surface area contributed by atoms with E-state index in [9.17, 15) is 8.42 Å². The average molecular weight is 318 g/mol. The fourth-order valence-corrected chi connectivity index (χ4v) is 4.15. The summed E-state index contributed by atoms with van der Waals surface area (Å²) < 4.78 is 27.6. The maximum absolute atomic E-state index is 12.1. The minimum Gasteiger partial charge on any atom is -0.208 e. The zero-order valence-corrected chi connectivity index (χ0v) is 12.1. The van der Waals surface area contributed by atoms with Gasteiger partial charge in [0.1, 0.15) is 0 Å². The van der Waals surface area contributed by atoms with Crippen LogP contribution in [0.3, 0.4) is 0 Å². The van der Waals surface area contributed by atoms with Crippen molar-refractivity contribution in [2.24, 2.45) is 5.92 Å². The number of hydrogen-bond acceptors (Lipinski definition) is 2. The van der Waals surface area contributed by atoms with Gasteiger partial charge in [0.05, 0.1) is 4.90 Å². The molecule has 1 aromatic rings. The van der Waals surface area contributed by atoms with Crippen LogP contribution in [0.25, 0.3) is 0 Å². The number of sulfonamides is 1. The number of hydrogen-bond donors (Lipinski definition) is 1. The summed E-state index contributed by atoms with van der Waals surface area (Å²) in [4.78, 5) is 0.308. The van der Waals surface area contributed by atoms with E-state index < -0.39 is 10.0 Å². The molecule has 3 nitrogen and oxygen atoms in total. The summed E-state index contributed by atoms with van der Waals surface area (Å²) in [6.07, 6.45) is 3.41. The average Bonchev–Trinajstić information content (AvgIpc) is 3.00. The molecule has 2 rings (SSSR count). The van der Waals surface area contributed by atoms with Crippen LogP contribution in [0.1, 0.15) is 26.2 Å². The summed E-state index contributed by atoms with van der Waals surface area (Å²) in [5.74, 6) is 0.715. The van der Waals surface area contributed by atoms with Gasteiger partial charge in [0.15, 0.2) is 0 Å². The molecule has 1 saturated carbocycles. The molecular weight excluding hydrogens is 302 g/mol. The normalized spacial score (nSPS) is 18.0. The molecule has 94 valence electrons. The summed E-state index contributed by atoms with van der Waals surface area (Å²) >= 11 is 3.27. The largest absolute Gasteiger partial charge is 0.241 e. The lowest BCUT2D eigenvalue weighted by Gasteiger charge is -2.14. The predicted molar refractivity (Wildman–Crippen MR) is 71.3 cm³/mol. The molecule has 0 spiro atoms. The molecule has 1 aliphatic carbocycles. The van der Waals surface area contributed by atoms with Crippen LogP contribution in [0.2, 0.25) is 0 Å². The van der Waals surface area contributed by atoms with Gasteiger partial charge in [-0.05, 0) is 47.3 Å². The summed E-state index contributed by atoms with van der Waals surface area (Å²) in [6.45, 7) is 1.92. The molecular formula is C12H16BrNO2S. The second kappa shape index (κ2) is 5.08. The highest BCUT2D eigenvalue weighted by molar-refractivity contribution is 9.10. The first-order chi connectivity index (χ1) is 7.99. The van der Waals surface area contributed by atoms with Crippen LogP contribution in [0.15, 0.2) is 33.6 Å². The van der Waals surface area contributed by atoms with Crippen molar-refractivity contribution < 1.29 is 8.42 Å². The SMILES string of the molecule is CC(CC1CC1)NS(=O)(=O)c1ccccc1Br. The Labute approximate surface area is 111 Å². The minimum atomic E-state index is -3.40. The molecule has 0 saturated heterocycles. The molecule has 0 heterocycles. The van der Waals surface area contributed by atoms with Gasteiger partial charge in [0, 0.05) is 10.5 Å². The van der Waals surface area contributed by atoms with E-state index in [1.807, 2.05) is 6.92 Å². The van der Waals surface area contributed by atoms with Crippen molar-refractivity contribution in [3.63, 3.8) is 0 Å². The van der Waals surface area contributed by atoms with Crippen LogP contribution in [-0.4, -0.2) is 14.5 Å². The van der Waals surface area contributed by atoms with Crippen LogP contribution in [-0.2, 0) is 10.0 Å². The Bertz CT molecular complexity index is 497. The highest BCUT2D eigenvalue weighted by Crippen LogP contribution is 2.33. The van der Waals surface area contributed by atoms with Crippen LogP contribution >= 0.6 is 15.9 Å². The van der Waals surface area contributed by atoms with Crippen LogP contribution in [0.4, 0.5) is 0 Å². The van der Waals surface area contributed by atoms with Gasteiger partial charge in [0.2, 0.25) is 10.0 Å². The van der Waals surface area contributed by atoms with E-state index in [0.29, 0.717) is 15.3 Å². The number of nitrogens with one attached hydrogen (secondary N) is 1. The molecule has 0 amide bonds. The highest BCUT2D eigenvalue weighted by atomic mass is 79.9. The first-order valence-corrected chi connectivity index (χ1v) is 8.03. The Balaban J connectivity index is 2.10. The van der Waals surface area contributed by atoms with E-state index >= 15 is 0 Å². The lowest BCUT2D eigenvalue weighted by molar-refractivity contribution is 0.529. The quantitative estimate of drug-likeness (QED) is 0.907. The number of benzene rings is 1. The lowest BCUT2D eigenvalue weighted by atomic mass is 10.2. The van der Waals surface area contributed by atoms with Gasteiger partial charge in [-0.25, -0.2) is 13.1 Å². The summed E-state index contributed by atoms with van der Waals surface area (Å²) in [5, 5.41) is 0. The van der Waals surface area contributed by atoms with Crippen molar-refractivity contribution >= 4 is 26.0 Å². The molecule has 1 aliphatic rings. The van der Waals surface area contributed by atoms with E-state index in [1.54, 1.807) is 24.3 Å². The van der Waals surface area contributed by atoms with Crippen molar-refractivity contribution in [2.75, 3.05) is 0 Å². The Morgan fingerprint density at radius 1 is 1.41 bits per heavy atom. The summed E-state index contributed by atoms with van der Waals surface area (Å²) in [5.41, 5.74) is 0. The fraction of sp³-hybridized carbons (Fsp3) is 0.500. The maximum atomic E-state index is 12.1. The Morgan fingerprint density at radius 3 is 2.65 bits per heavy atom. The lowest BCUT2D eigenvalue weighted by Crippen LogP contribution is -2.33. The number of rotatable bonds is 5. The summed E-state index contributed by atoms with van der Waals surface area (Å²) in [7, 11) is -3.40. The monoisotopic (exact) mass is 317 g/mol. The van der Waals surface area contributed by atoms with Gasteiger partial charge >= 0.3 is 0 Å². The Morgan fingerprint density at radius 2 is 2.06 bits per heavy atom. The number of halogens is 1. The van der Waals surface area contributed by atoms with Crippen molar-refractivity contribution in [3.8, 4) is 0 Å². The van der Waals surface area contributed by atoms with E-state index in [4.69, 9.17) is 0 Å². The van der Waals surface area contributed by atoms with Crippen LogP contribution in [0.5, 0.6) is 0 Å². The second-order valence-corrected chi connectivity index (χ2v) is 7.17. The van der Waals surface area contributed by atoms with Gasteiger partial charge in [-0.15, -0.1) is 0 Å². The third kappa shape index (κ3) is 3.53. The van der Waals surface area contributed by atoms with Gasteiger partial charge in [-0.2, -0.15) is 0 Å². The molecule has 1 aromatic carbocycles. The van der Waals surface area contributed by atoms with Gasteiger partial charge in [-0.3, -0.25) is 0 Å². The van der Waals surface area contributed by atoms with Crippen molar-refractivity contribution in [3.05, 3.63) is 28.7 Å². The van der Waals surface area contributed by atoms with Crippen molar-refractivity contribution in [2.45, 2.75) is 37.1 Å².